The minimum Gasteiger partial charge on any atom is -0.338 e. The van der Waals surface area contributed by atoms with Gasteiger partial charge >= 0.3 is 0 Å². The summed E-state index contributed by atoms with van der Waals surface area (Å²) in [6, 6.07) is 16.5. The molecule has 6 heteroatoms. The van der Waals surface area contributed by atoms with Crippen LogP contribution in [0.3, 0.4) is 0 Å². The largest absolute Gasteiger partial charge is 0.338 e. The highest BCUT2D eigenvalue weighted by Gasteiger charge is 2.33. The Hall–Kier alpha value is -1.66. The maximum absolute atomic E-state index is 12.7. The van der Waals surface area contributed by atoms with Crippen LogP contribution in [-0.4, -0.2) is 38.1 Å². The summed E-state index contributed by atoms with van der Waals surface area (Å²) in [7, 11) is -3.28. The molecule has 0 N–H and O–H groups in total. The van der Waals surface area contributed by atoms with Crippen molar-refractivity contribution in [2.45, 2.75) is 11.7 Å². The molecule has 1 saturated heterocycles. The van der Waals surface area contributed by atoms with Gasteiger partial charge in [0.25, 0.3) is 5.91 Å². The van der Waals surface area contributed by atoms with Crippen LogP contribution in [0.25, 0.3) is 0 Å². The molecule has 0 bridgehead atoms. The predicted molar refractivity (Wildman–Crippen MR) is 97.6 cm³/mol. The van der Waals surface area contributed by atoms with E-state index in [4.69, 9.17) is 0 Å². The Balaban J connectivity index is 1.84. The van der Waals surface area contributed by atoms with Crippen molar-refractivity contribution in [2.75, 3.05) is 18.8 Å². The van der Waals surface area contributed by atoms with E-state index in [1.165, 1.54) is 0 Å². The van der Waals surface area contributed by atoms with E-state index in [1.54, 1.807) is 17.0 Å². The molecule has 24 heavy (non-hydrogen) atoms. The van der Waals surface area contributed by atoms with E-state index >= 15 is 0 Å². The first kappa shape index (κ1) is 17.2. The van der Waals surface area contributed by atoms with Gasteiger partial charge in [-0.1, -0.05) is 42.5 Å². The van der Waals surface area contributed by atoms with Gasteiger partial charge in [-0.3, -0.25) is 4.79 Å². The third kappa shape index (κ3) is 3.54. The van der Waals surface area contributed by atoms with Crippen LogP contribution in [0.5, 0.6) is 0 Å². The Bertz CT molecular complexity index is 836. The van der Waals surface area contributed by atoms with Gasteiger partial charge in [0.2, 0.25) is 0 Å². The third-order valence-corrected chi connectivity index (χ3v) is 7.12. The van der Waals surface area contributed by atoms with Crippen molar-refractivity contribution in [3.05, 3.63) is 70.2 Å². The topological polar surface area (TPSA) is 54.5 Å². The first-order valence-corrected chi connectivity index (χ1v) is 10.3. The molecule has 0 unspecified atom stereocenters. The summed E-state index contributed by atoms with van der Waals surface area (Å²) in [6.07, 6.45) is 0.419. The van der Waals surface area contributed by atoms with Crippen LogP contribution < -0.4 is 0 Å². The van der Waals surface area contributed by atoms with Crippen molar-refractivity contribution in [2.24, 2.45) is 0 Å². The Morgan fingerprint density at radius 2 is 1.67 bits per heavy atom. The summed E-state index contributed by atoms with van der Waals surface area (Å²) in [5.41, 5.74) is 1.36. The molecule has 1 atom stereocenters. The second kappa shape index (κ2) is 7.07. The minimum absolute atomic E-state index is 0.0112. The van der Waals surface area contributed by atoms with Gasteiger partial charge in [-0.15, -0.1) is 0 Å². The van der Waals surface area contributed by atoms with Gasteiger partial charge in [-0.25, -0.2) is 8.42 Å². The van der Waals surface area contributed by atoms with Gasteiger partial charge in [0.15, 0.2) is 9.84 Å². The van der Waals surface area contributed by atoms with Crippen LogP contribution in [0.15, 0.2) is 59.1 Å². The number of rotatable bonds is 2. The number of halogens is 1. The maximum atomic E-state index is 12.7. The lowest BCUT2D eigenvalue weighted by Crippen LogP contribution is -2.33. The van der Waals surface area contributed by atoms with Crippen LogP contribution in [0, 0.1) is 0 Å². The van der Waals surface area contributed by atoms with Crippen LogP contribution in [-0.2, 0) is 9.84 Å². The normalized spacial score (nSPS) is 20.4. The van der Waals surface area contributed by atoms with E-state index < -0.39 is 15.1 Å². The fraction of sp³-hybridized carbons (Fsp3) is 0.278. The summed E-state index contributed by atoms with van der Waals surface area (Å²) in [5.74, 6) is -0.144. The molecule has 3 rings (SSSR count). The minimum atomic E-state index is -3.28. The fourth-order valence-corrected chi connectivity index (χ4v) is 5.24. The lowest BCUT2D eigenvalue weighted by Gasteiger charge is -2.20. The highest BCUT2D eigenvalue weighted by molar-refractivity contribution is 9.10. The first-order chi connectivity index (χ1) is 11.5. The first-order valence-electron chi connectivity index (χ1n) is 7.79. The van der Waals surface area contributed by atoms with Gasteiger partial charge < -0.3 is 4.90 Å². The molecule has 0 spiro atoms. The molecule has 1 fully saturated rings. The summed E-state index contributed by atoms with van der Waals surface area (Å²) in [6.45, 7) is 0.658. The smallest absolute Gasteiger partial charge is 0.255 e. The van der Waals surface area contributed by atoms with Gasteiger partial charge in [0.05, 0.1) is 16.6 Å². The number of benzene rings is 2. The van der Waals surface area contributed by atoms with Crippen LogP contribution in [0.2, 0.25) is 0 Å². The van der Waals surface area contributed by atoms with Crippen molar-refractivity contribution < 1.29 is 13.2 Å². The molecule has 0 radical (unpaired) electrons. The lowest BCUT2D eigenvalue weighted by atomic mass is 10.1. The fourth-order valence-electron chi connectivity index (χ4n) is 2.99. The van der Waals surface area contributed by atoms with E-state index in [0.29, 0.717) is 18.5 Å². The molecule has 126 valence electrons. The average Bonchev–Trinajstić information content (AvgIpc) is 2.74. The third-order valence-electron chi connectivity index (χ3n) is 4.30. The molecule has 0 aromatic heterocycles. The SMILES string of the molecule is O=C(c1ccccc1Br)N1CC[C@@H](c2ccccc2)S(=O)(=O)CC1. The Morgan fingerprint density at radius 3 is 2.38 bits per heavy atom. The molecule has 2 aromatic rings. The van der Waals surface area contributed by atoms with Gasteiger partial charge in [-0.05, 0) is 40.0 Å². The highest BCUT2D eigenvalue weighted by atomic mass is 79.9. The van der Waals surface area contributed by atoms with Crippen molar-refractivity contribution in [3.63, 3.8) is 0 Å². The molecule has 2 aromatic carbocycles. The van der Waals surface area contributed by atoms with Gasteiger partial charge in [0, 0.05) is 17.6 Å². The van der Waals surface area contributed by atoms with E-state index in [1.807, 2.05) is 42.5 Å². The quantitative estimate of drug-likeness (QED) is 0.765. The zero-order valence-corrected chi connectivity index (χ0v) is 15.5. The molecule has 4 nitrogen and oxygen atoms in total. The molecule has 1 aliphatic rings. The number of carbonyl (C=O) groups is 1. The van der Waals surface area contributed by atoms with E-state index in [9.17, 15) is 13.2 Å². The number of amides is 1. The predicted octanol–water partition coefficient (Wildman–Crippen LogP) is 3.45. The summed E-state index contributed by atoms with van der Waals surface area (Å²) in [4.78, 5) is 14.4. The Labute approximate surface area is 150 Å². The van der Waals surface area contributed by atoms with Crippen LogP contribution >= 0.6 is 15.9 Å². The number of nitrogens with zero attached hydrogens (tertiary/aromatic N) is 1. The maximum Gasteiger partial charge on any atom is 0.255 e. The van der Waals surface area contributed by atoms with Gasteiger partial charge in [0.1, 0.15) is 0 Å². The zero-order chi connectivity index (χ0) is 17.2. The second-order valence-electron chi connectivity index (χ2n) is 5.83. The Kier molecular flexibility index (Phi) is 5.06. The highest BCUT2D eigenvalue weighted by Crippen LogP contribution is 2.30. The van der Waals surface area contributed by atoms with E-state index in [2.05, 4.69) is 15.9 Å². The number of sulfone groups is 1. The van der Waals surface area contributed by atoms with Crippen molar-refractivity contribution in [1.29, 1.82) is 0 Å². The van der Waals surface area contributed by atoms with Crippen LogP contribution in [0.4, 0.5) is 0 Å². The Morgan fingerprint density at radius 1 is 1.00 bits per heavy atom. The van der Waals surface area contributed by atoms with Crippen molar-refractivity contribution in [3.8, 4) is 0 Å². The zero-order valence-electron chi connectivity index (χ0n) is 13.1. The molecule has 1 heterocycles. The molecule has 1 aliphatic heterocycles. The summed E-state index contributed by atoms with van der Waals surface area (Å²) < 4.78 is 26.0. The number of hydrogen-bond acceptors (Lipinski definition) is 3. The summed E-state index contributed by atoms with van der Waals surface area (Å²) in [5, 5.41) is -0.546. The molecular weight excluding hydrogens is 390 g/mol. The molecule has 0 aliphatic carbocycles. The van der Waals surface area contributed by atoms with Crippen LogP contribution in [0.1, 0.15) is 27.6 Å². The molecule has 1 amide bonds. The summed E-state index contributed by atoms with van der Waals surface area (Å²) >= 11 is 3.39. The van der Waals surface area contributed by atoms with Crippen molar-refractivity contribution in [1.82, 2.24) is 4.90 Å². The van der Waals surface area contributed by atoms with Crippen molar-refractivity contribution >= 4 is 31.7 Å². The number of carbonyl (C=O) groups excluding carboxylic acids is 1. The van der Waals surface area contributed by atoms with E-state index in [-0.39, 0.29) is 18.2 Å². The van der Waals surface area contributed by atoms with Gasteiger partial charge in [-0.2, -0.15) is 0 Å². The molecule has 0 saturated carbocycles. The molecular formula is C18H18BrNO3S. The second-order valence-corrected chi connectivity index (χ2v) is 8.98. The average molecular weight is 408 g/mol. The standard InChI is InChI=1S/C18H18BrNO3S/c19-16-9-5-4-8-15(16)18(21)20-11-10-17(24(22,23)13-12-20)14-6-2-1-3-7-14/h1-9,17H,10-13H2/t17-/m0/s1. The van der Waals surface area contributed by atoms with E-state index in [0.717, 1.165) is 10.0 Å². The monoisotopic (exact) mass is 407 g/mol. The number of hydrogen-bond donors (Lipinski definition) is 0. The lowest BCUT2D eigenvalue weighted by molar-refractivity contribution is 0.0765.